The number of nitrogens with zero attached hydrogens (tertiary/aromatic N) is 6. The van der Waals surface area contributed by atoms with Gasteiger partial charge in [0, 0.05) is 63.4 Å². The molecule has 1 unspecified atom stereocenters. The van der Waals surface area contributed by atoms with Gasteiger partial charge in [-0.3, -0.25) is 4.90 Å². The molecular formula is C23H28N6O3. The van der Waals surface area contributed by atoms with Crippen molar-refractivity contribution >= 4 is 5.95 Å². The van der Waals surface area contributed by atoms with E-state index < -0.39 is 0 Å². The van der Waals surface area contributed by atoms with Crippen molar-refractivity contribution in [1.82, 2.24) is 24.8 Å². The lowest BCUT2D eigenvalue weighted by molar-refractivity contribution is -0.0347. The molecule has 1 aliphatic rings. The number of hydrogen-bond acceptors (Lipinski definition) is 9. The fourth-order valence-corrected chi connectivity index (χ4v) is 3.76. The zero-order valence-electron chi connectivity index (χ0n) is 18.9. The van der Waals surface area contributed by atoms with Crippen molar-refractivity contribution in [2.24, 2.45) is 0 Å². The minimum Gasteiger partial charge on any atom is -0.493 e. The summed E-state index contributed by atoms with van der Waals surface area (Å²) in [5.41, 5.74) is 3.75. The van der Waals surface area contributed by atoms with Gasteiger partial charge < -0.3 is 19.1 Å². The number of methoxy groups -OCH3 is 2. The van der Waals surface area contributed by atoms with E-state index in [9.17, 15) is 0 Å². The standard InChI is InChI=1S/C23H28N6O3/c1-28(2)23-26-12-18(17-10-24-15-25-11-17)22(27-23)21-14-29(7-8-32-21)13-16-5-6-19(30-3)20(9-16)31-4/h5-6,9-12,15,21H,7-8,13-14H2,1-4H3. The molecule has 0 aliphatic carbocycles. The van der Waals surface area contributed by atoms with Gasteiger partial charge in [0.25, 0.3) is 0 Å². The van der Waals surface area contributed by atoms with Gasteiger partial charge in [-0.2, -0.15) is 0 Å². The van der Waals surface area contributed by atoms with Crippen LogP contribution in [0.15, 0.2) is 43.1 Å². The van der Waals surface area contributed by atoms with Gasteiger partial charge in [0.15, 0.2) is 11.5 Å². The van der Waals surface area contributed by atoms with Crippen LogP contribution in [0.1, 0.15) is 17.4 Å². The average molecular weight is 437 g/mol. The molecule has 4 rings (SSSR count). The van der Waals surface area contributed by atoms with E-state index in [-0.39, 0.29) is 6.10 Å². The van der Waals surface area contributed by atoms with Gasteiger partial charge in [-0.25, -0.2) is 19.9 Å². The van der Waals surface area contributed by atoms with Crippen LogP contribution in [0.4, 0.5) is 5.95 Å². The number of rotatable bonds is 7. The van der Waals surface area contributed by atoms with Crippen molar-refractivity contribution in [2.45, 2.75) is 12.6 Å². The highest BCUT2D eigenvalue weighted by Crippen LogP contribution is 2.32. The summed E-state index contributed by atoms with van der Waals surface area (Å²) >= 11 is 0. The maximum Gasteiger partial charge on any atom is 0.225 e. The SMILES string of the molecule is COc1ccc(CN2CCOC(c3nc(N(C)C)ncc3-c3cncnc3)C2)cc1OC. The first kappa shape index (κ1) is 21.9. The first-order valence-corrected chi connectivity index (χ1v) is 10.4. The molecule has 1 aromatic carbocycles. The maximum absolute atomic E-state index is 6.17. The van der Waals surface area contributed by atoms with E-state index in [1.807, 2.05) is 37.3 Å². The topological polar surface area (TPSA) is 85.7 Å². The molecule has 1 atom stereocenters. The Bertz CT molecular complexity index is 1050. The lowest BCUT2D eigenvalue weighted by Gasteiger charge is -2.33. The van der Waals surface area contributed by atoms with Crippen LogP contribution in [0.2, 0.25) is 0 Å². The molecule has 9 nitrogen and oxygen atoms in total. The van der Waals surface area contributed by atoms with Crippen molar-refractivity contribution in [3.8, 4) is 22.6 Å². The lowest BCUT2D eigenvalue weighted by atomic mass is 10.0. The minimum atomic E-state index is -0.194. The predicted molar refractivity (Wildman–Crippen MR) is 121 cm³/mol. The molecule has 0 saturated carbocycles. The molecule has 0 radical (unpaired) electrons. The van der Waals surface area contributed by atoms with Crippen molar-refractivity contribution in [1.29, 1.82) is 0 Å². The molecule has 0 N–H and O–H groups in total. The molecular weight excluding hydrogens is 408 g/mol. The number of anilines is 1. The van der Waals surface area contributed by atoms with Crippen LogP contribution < -0.4 is 14.4 Å². The lowest BCUT2D eigenvalue weighted by Crippen LogP contribution is -2.38. The smallest absolute Gasteiger partial charge is 0.225 e. The normalized spacial score (nSPS) is 16.6. The van der Waals surface area contributed by atoms with Crippen molar-refractivity contribution < 1.29 is 14.2 Å². The molecule has 0 bridgehead atoms. The summed E-state index contributed by atoms with van der Waals surface area (Å²) < 4.78 is 17.0. The third-order valence-corrected chi connectivity index (χ3v) is 5.39. The molecule has 32 heavy (non-hydrogen) atoms. The van der Waals surface area contributed by atoms with Crippen LogP contribution >= 0.6 is 0 Å². The molecule has 1 saturated heterocycles. The largest absolute Gasteiger partial charge is 0.493 e. The van der Waals surface area contributed by atoms with Crippen molar-refractivity contribution in [2.75, 3.05) is 52.9 Å². The van der Waals surface area contributed by atoms with E-state index in [2.05, 4.69) is 25.9 Å². The Balaban J connectivity index is 1.59. The fraction of sp³-hybridized carbons (Fsp3) is 0.391. The Morgan fingerprint density at radius 1 is 1.09 bits per heavy atom. The van der Waals surface area contributed by atoms with E-state index >= 15 is 0 Å². The number of hydrogen-bond donors (Lipinski definition) is 0. The third kappa shape index (κ3) is 4.79. The highest BCUT2D eigenvalue weighted by atomic mass is 16.5. The van der Waals surface area contributed by atoms with Crippen LogP contribution in [0.5, 0.6) is 11.5 Å². The van der Waals surface area contributed by atoms with Gasteiger partial charge in [0.05, 0.1) is 26.5 Å². The van der Waals surface area contributed by atoms with Crippen LogP contribution in [-0.4, -0.2) is 72.8 Å². The van der Waals surface area contributed by atoms with Crippen LogP contribution in [0.25, 0.3) is 11.1 Å². The molecule has 1 aliphatic heterocycles. The number of aromatic nitrogens is 4. The summed E-state index contributed by atoms with van der Waals surface area (Å²) in [4.78, 5) is 21.9. The number of ether oxygens (including phenoxy) is 3. The molecule has 0 spiro atoms. The quantitative estimate of drug-likeness (QED) is 0.555. The van der Waals surface area contributed by atoms with E-state index in [1.54, 1.807) is 26.6 Å². The van der Waals surface area contributed by atoms with Crippen LogP contribution in [-0.2, 0) is 11.3 Å². The van der Waals surface area contributed by atoms with E-state index in [0.29, 0.717) is 19.1 Å². The highest BCUT2D eigenvalue weighted by molar-refractivity contribution is 5.64. The maximum atomic E-state index is 6.17. The second-order valence-electron chi connectivity index (χ2n) is 7.77. The Morgan fingerprint density at radius 2 is 1.88 bits per heavy atom. The van der Waals surface area contributed by atoms with E-state index in [1.165, 1.54) is 6.33 Å². The minimum absolute atomic E-state index is 0.194. The summed E-state index contributed by atoms with van der Waals surface area (Å²) in [6, 6.07) is 6.02. The molecule has 1 fully saturated rings. The summed E-state index contributed by atoms with van der Waals surface area (Å²) in [7, 11) is 7.15. The molecule has 2 aromatic heterocycles. The Kier molecular flexibility index (Phi) is 6.77. The average Bonchev–Trinajstić information content (AvgIpc) is 2.84. The summed E-state index contributed by atoms with van der Waals surface area (Å²) in [6.45, 7) is 2.93. The summed E-state index contributed by atoms with van der Waals surface area (Å²) in [6.07, 6.45) is 6.69. The molecule has 168 valence electrons. The van der Waals surface area contributed by atoms with Gasteiger partial charge in [-0.05, 0) is 17.7 Å². The Morgan fingerprint density at radius 3 is 2.59 bits per heavy atom. The fourth-order valence-electron chi connectivity index (χ4n) is 3.76. The molecule has 3 aromatic rings. The second-order valence-corrected chi connectivity index (χ2v) is 7.77. The highest BCUT2D eigenvalue weighted by Gasteiger charge is 2.27. The summed E-state index contributed by atoms with van der Waals surface area (Å²) in [5.74, 6) is 2.09. The molecule has 9 heteroatoms. The van der Waals surface area contributed by atoms with E-state index in [0.717, 1.165) is 47.0 Å². The van der Waals surface area contributed by atoms with Crippen LogP contribution in [0, 0.1) is 0 Å². The monoisotopic (exact) mass is 436 g/mol. The molecule has 3 heterocycles. The Hall–Kier alpha value is -3.30. The first-order valence-electron chi connectivity index (χ1n) is 10.4. The Labute approximate surface area is 188 Å². The van der Waals surface area contributed by atoms with Gasteiger partial charge >= 0.3 is 0 Å². The van der Waals surface area contributed by atoms with E-state index in [4.69, 9.17) is 19.2 Å². The zero-order valence-corrected chi connectivity index (χ0v) is 18.9. The predicted octanol–water partition coefficient (Wildman–Crippen LogP) is 2.59. The van der Waals surface area contributed by atoms with Crippen LogP contribution in [0.3, 0.4) is 0 Å². The third-order valence-electron chi connectivity index (χ3n) is 5.39. The van der Waals surface area contributed by atoms with Crippen molar-refractivity contribution in [3.05, 3.63) is 54.4 Å². The van der Waals surface area contributed by atoms with Gasteiger partial charge in [-0.15, -0.1) is 0 Å². The zero-order chi connectivity index (χ0) is 22.5. The van der Waals surface area contributed by atoms with Gasteiger partial charge in [0.2, 0.25) is 5.95 Å². The number of benzene rings is 1. The van der Waals surface area contributed by atoms with Crippen molar-refractivity contribution in [3.63, 3.8) is 0 Å². The summed E-state index contributed by atoms with van der Waals surface area (Å²) in [5, 5.41) is 0. The number of morpholine rings is 1. The first-order chi connectivity index (χ1) is 15.6. The van der Waals surface area contributed by atoms with Gasteiger partial charge in [-0.1, -0.05) is 6.07 Å². The molecule has 0 amide bonds. The second kappa shape index (κ2) is 9.88. The van der Waals surface area contributed by atoms with Gasteiger partial charge in [0.1, 0.15) is 12.4 Å².